The van der Waals surface area contributed by atoms with Gasteiger partial charge in [0.1, 0.15) is 23.1 Å². The van der Waals surface area contributed by atoms with Gasteiger partial charge < -0.3 is 13.5 Å². The summed E-state index contributed by atoms with van der Waals surface area (Å²) in [6, 6.07) is 28.4. The molecule has 0 fully saturated rings. The third-order valence-electron chi connectivity index (χ3n) is 5.90. The van der Waals surface area contributed by atoms with Gasteiger partial charge >= 0.3 is 0 Å². The number of fused-ring (bicyclic) bond motifs is 2. The van der Waals surface area contributed by atoms with Gasteiger partial charge in [-0.3, -0.25) is 0 Å². The zero-order valence-corrected chi connectivity index (χ0v) is 18.4. The molecular formula is C28H22N4O. The molecule has 4 heterocycles. The molecule has 160 valence electrons. The molecule has 0 bridgehead atoms. The first kappa shape index (κ1) is 19.3. The van der Waals surface area contributed by atoms with Crippen LogP contribution in [-0.2, 0) is 0 Å². The number of hydrogen-bond acceptors (Lipinski definition) is 3. The predicted molar refractivity (Wildman–Crippen MR) is 131 cm³/mol. The van der Waals surface area contributed by atoms with Crippen LogP contribution in [0.3, 0.4) is 0 Å². The van der Waals surface area contributed by atoms with Gasteiger partial charge in [-0.1, -0.05) is 36.4 Å². The van der Waals surface area contributed by atoms with E-state index in [1.165, 1.54) is 0 Å². The van der Waals surface area contributed by atoms with Gasteiger partial charge in [0.15, 0.2) is 0 Å². The monoisotopic (exact) mass is 430 g/mol. The fourth-order valence-electron chi connectivity index (χ4n) is 4.36. The lowest BCUT2D eigenvalue weighted by Crippen LogP contribution is -1.87. The smallest absolute Gasteiger partial charge is 0.128 e. The quantitative estimate of drug-likeness (QED) is 0.312. The Bertz CT molecular complexity index is 1500. The zero-order chi connectivity index (χ0) is 22.4. The average Bonchev–Trinajstić information content (AvgIpc) is 3.37. The van der Waals surface area contributed by atoms with E-state index in [4.69, 9.17) is 14.7 Å². The van der Waals surface area contributed by atoms with Gasteiger partial charge in [0.25, 0.3) is 0 Å². The highest BCUT2D eigenvalue weighted by atomic mass is 16.5. The van der Waals surface area contributed by atoms with E-state index in [-0.39, 0.29) is 0 Å². The van der Waals surface area contributed by atoms with Crippen LogP contribution in [0, 0.1) is 13.8 Å². The molecule has 0 atom stereocenters. The number of nitrogens with zero attached hydrogens (tertiary/aromatic N) is 4. The van der Waals surface area contributed by atoms with Crippen molar-refractivity contribution in [2.24, 2.45) is 0 Å². The Morgan fingerprint density at radius 2 is 1.06 bits per heavy atom. The first-order valence-electron chi connectivity index (χ1n) is 10.9. The topological polar surface area (TPSA) is 43.8 Å². The summed E-state index contributed by atoms with van der Waals surface area (Å²) < 4.78 is 10.5. The van der Waals surface area contributed by atoms with Gasteiger partial charge in [0.05, 0.1) is 22.4 Å². The molecule has 0 amide bonds. The third-order valence-corrected chi connectivity index (χ3v) is 5.90. The molecule has 6 aromatic rings. The highest BCUT2D eigenvalue weighted by Gasteiger charge is 2.13. The molecule has 0 saturated carbocycles. The van der Waals surface area contributed by atoms with Crippen LogP contribution in [0.15, 0.2) is 97.3 Å². The molecule has 0 spiro atoms. The molecule has 0 aliphatic heterocycles. The normalized spacial score (nSPS) is 11.3. The highest BCUT2D eigenvalue weighted by Crippen LogP contribution is 2.32. The van der Waals surface area contributed by atoms with Crippen LogP contribution in [0.25, 0.3) is 33.5 Å². The van der Waals surface area contributed by atoms with E-state index in [9.17, 15) is 0 Å². The molecule has 0 saturated heterocycles. The van der Waals surface area contributed by atoms with Crippen LogP contribution in [0.2, 0.25) is 0 Å². The summed E-state index contributed by atoms with van der Waals surface area (Å²) in [4.78, 5) is 9.58. The second kappa shape index (κ2) is 7.64. The average molecular weight is 431 g/mol. The van der Waals surface area contributed by atoms with Gasteiger partial charge in [-0.25, -0.2) is 9.97 Å². The van der Waals surface area contributed by atoms with Crippen molar-refractivity contribution in [2.75, 3.05) is 0 Å². The second-order valence-corrected chi connectivity index (χ2v) is 8.08. The van der Waals surface area contributed by atoms with Crippen LogP contribution in [0.5, 0.6) is 11.5 Å². The van der Waals surface area contributed by atoms with Gasteiger partial charge in [-0.15, -0.1) is 0 Å². The lowest BCUT2D eigenvalue weighted by atomic mass is 10.1. The molecule has 6 rings (SSSR count). The largest absolute Gasteiger partial charge is 0.457 e. The maximum atomic E-state index is 6.27. The zero-order valence-electron chi connectivity index (χ0n) is 18.4. The summed E-state index contributed by atoms with van der Waals surface area (Å²) in [5.41, 5.74) is 6.11. The summed E-state index contributed by atoms with van der Waals surface area (Å²) in [5.74, 6) is 3.46. The van der Waals surface area contributed by atoms with Gasteiger partial charge in [-0.2, -0.15) is 0 Å². The maximum Gasteiger partial charge on any atom is 0.128 e. The summed E-state index contributed by atoms with van der Waals surface area (Å²) in [6.07, 6.45) is 4.07. The lowest BCUT2D eigenvalue weighted by molar-refractivity contribution is 0.483. The fraction of sp³-hybridized carbons (Fsp3) is 0.0714. The van der Waals surface area contributed by atoms with Crippen LogP contribution in [-0.4, -0.2) is 18.8 Å². The summed E-state index contributed by atoms with van der Waals surface area (Å²) >= 11 is 0. The van der Waals surface area contributed by atoms with E-state index in [0.29, 0.717) is 0 Å². The predicted octanol–water partition coefficient (Wildman–Crippen LogP) is 6.73. The third kappa shape index (κ3) is 3.34. The number of aromatic nitrogens is 4. The molecule has 0 N–H and O–H groups in total. The molecule has 5 nitrogen and oxygen atoms in total. The standard InChI is InChI=1S/C28H22N4O/c1-19-29-27(25-13-3-5-15-31(19)25)21-9-7-11-23(17-21)33-24-12-8-10-22(18-24)28-26-14-4-6-16-32(26)20(2)30-28/h3-18H,1-2H3. The molecule has 0 aliphatic rings. The number of aryl methyl sites for hydroxylation is 2. The van der Waals surface area contributed by atoms with E-state index in [0.717, 1.165) is 56.7 Å². The van der Waals surface area contributed by atoms with Crippen molar-refractivity contribution < 1.29 is 4.74 Å². The Balaban J connectivity index is 1.35. The lowest BCUT2D eigenvalue weighted by Gasteiger charge is -2.09. The Labute approximate surface area is 191 Å². The van der Waals surface area contributed by atoms with Crippen molar-refractivity contribution >= 4 is 11.0 Å². The first-order valence-corrected chi connectivity index (χ1v) is 10.9. The number of hydrogen-bond donors (Lipinski definition) is 0. The van der Waals surface area contributed by atoms with E-state index >= 15 is 0 Å². The van der Waals surface area contributed by atoms with Crippen molar-refractivity contribution in [3.63, 3.8) is 0 Å². The Morgan fingerprint density at radius 1 is 0.576 bits per heavy atom. The van der Waals surface area contributed by atoms with Crippen molar-refractivity contribution in [3.8, 4) is 34.0 Å². The number of ether oxygens (including phenoxy) is 1. The summed E-state index contributed by atoms with van der Waals surface area (Å²) in [6.45, 7) is 4.04. The molecule has 2 aromatic carbocycles. The number of benzene rings is 2. The van der Waals surface area contributed by atoms with Crippen molar-refractivity contribution in [2.45, 2.75) is 13.8 Å². The van der Waals surface area contributed by atoms with Gasteiger partial charge in [-0.05, 0) is 62.4 Å². The molecule has 0 unspecified atom stereocenters. The molecule has 0 aliphatic carbocycles. The first-order chi connectivity index (χ1) is 16.2. The van der Waals surface area contributed by atoms with E-state index in [2.05, 4.69) is 33.1 Å². The minimum atomic E-state index is 0.769. The number of rotatable bonds is 4. The second-order valence-electron chi connectivity index (χ2n) is 8.08. The summed E-state index contributed by atoms with van der Waals surface area (Å²) in [5, 5.41) is 0. The van der Waals surface area contributed by atoms with E-state index in [1.54, 1.807) is 0 Å². The van der Waals surface area contributed by atoms with Gasteiger partial charge in [0, 0.05) is 23.5 Å². The van der Waals surface area contributed by atoms with Crippen LogP contribution < -0.4 is 4.74 Å². The molecular weight excluding hydrogens is 408 g/mol. The van der Waals surface area contributed by atoms with Crippen LogP contribution in [0.1, 0.15) is 11.6 Å². The number of pyridine rings is 2. The molecule has 33 heavy (non-hydrogen) atoms. The van der Waals surface area contributed by atoms with Crippen molar-refractivity contribution in [1.82, 2.24) is 18.8 Å². The Morgan fingerprint density at radius 3 is 1.55 bits per heavy atom. The molecule has 5 heteroatoms. The Hall–Kier alpha value is -4.38. The molecule has 4 aromatic heterocycles. The number of imidazole rings is 2. The minimum Gasteiger partial charge on any atom is -0.457 e. The van der Waals surface area contributed by atoms with Crippen LogP contribution >= 0.6 is 0 Å². The van der Waals surface area contributed by atoms with E-state index < -0.39 is 0 Å². The minimum absolute atomic E-state index is 0.769. The Kier molecular flexibility index (Phi) is 4.47. The van der Waals surface area contributed by atoms with Crippen molar-refractivity contribution in [3.05, 3.63) is 109 Å². The maximum absolute atomic E-state index is 6.27. The fourth-order valence-corrected chi connectivity index (χ4v) is 4.36. The van der Waals surface area contributed by atoms with E-state index in [1.807, 2.05) is 86.9 Å². The molecule has 0 radical (unpaired) electrons. The highest BCUT2D eigenvalue weighted by molar-refractivity contribution is 5.79. The van der Waals surface area contributed by atoms with Gasteiger partial charge in [0.2, 0.25) is 0 Å². The van der Waals surface area contributed by atoms with Crippen LogP contribution in [0.4, 0.5) is 0 Å². The summed E-state index contributed by atoms with van der Waals surface area (Å²) in [7, 11) is 0. The SMILES string of the molecule is Cc1nc(-c2cccc(Oc3cccc(-c4nc(C)n5ccccc45)c3)c2)c2ccccn12. The van der Waals surface area contributed by atoms with Crippen molar-refractivity contribution in [1.29, 1.82) is 0 Å².